The summed E-state index contributed by atoms with van der Waals surface area (Å²) in [5.74, 6) is -0.755. The van der Waals surface area contributed by atoms with Crippen LogP contribution in [-0.2, 0) is 11.8 Å². The summed E-state index contributed by atoms with van der Waals surface area (Å²) in [6.45, 7) is 1.75. The predicted molar refractivity (Wildman–Crippen MR) is 93.9 cm³/mol. The van der Waals surface area contributed by atoms with Crippen molar-refractivity contribution in [1.82, 2.24) is 14.7 Å². The number of carbonyl (C=O) groups is 2. The van der Waals surface area contributed by atoms with Crippen LogP contribution in [0.3, 0.4) is 0 Å². The molecule has 2 amide bonds. The van der Waals surface area contributed by atoms with Gasteiger partial charge in [0.15, 0.2) is 0 Å². The second-order valence-corrected chi connectivity index (χ2v) is 6.26. The standard InChI is InChI=1S/C16H17BrN4O3/c1-10-8-11(17)4-5-12(10)18-14(22)9-20(2)16(24)13-6-7-15(23)21(3)19-13/h4-8H,9H2,1-3H3,(H,18,22). The minimum absolute atomic E-state index is 0.104. The van der Waals surface area contributed by atoms with E-state index in [1.54, 1.807) is 6.07 Å². The van der Waals surface area contributed by atoms with Gasteiger partial charge in [-0.1, -0.05) is 15.9 Å². The lowest BCUT2D eigenvalue weighted by atomic mass is 10.2. The maximum Gasteiger partial charge on any atom is 0.274 e. The quantitative estimate of drug-likeness (QED) is 0.855. The van der Waals surface area contributed by atoms with Gasteiger partial charge in [0.25, 0.3) is 11.5 Å². The highest BCUT2D eigenvalue weighted by atomic mass is 79.9. The Bertz CT molecular complexity index is 847. The molecule has 0 saturated heterocycles. The van der Waals surface area contributed by atoms with E-state index in [1.807, 2.05) is 19.1 Å². The summed E-state index contributed by atoms with van der Waals surface area (Å²) >= 11 is 3.36. The summed E-state index contributed by atoms with van der Waals surface area (Å²) in [5, 5.41) is 6.65. The van der Waals surface area contributed by atoms with E-state index in [9.17, 15) is 14.4 Å². The molecule has 0 saturated carbocycles. The van der Waals surface area contributed by atoms with E-state index >= 15 is 0 Å². The zero-order chi connectivity index (χ0) is 17.9. The molecule has 0 bridgehead atoms. The van der Waals surface area contributed by atoms with Gasteiger partial charge in [-0.05, 0) is 36.8 Å². The van der Waals surface area contributed by atoms with Gasteiger partial charge in [0, 0.05) is 30.3 Å². The van der Waals surface area contributed by atoms with Gasteiger partial charge in [0.1, 0.15) is 5.69 Å². The highest BCUT2D eigenvalue weighted by molar-refractivity contribution is 9.10. The molecule has 1 aromatic heterocycles. The number of rotatable bonds is 4. The maximum atomic E-state index is 12.3. The Morgan fingerprint density at radius 2 is 2.00 bits per heavy atom. The molecule has 0 aliphatic heterocycles. The number of anilines is 1. The molecule has 2 rings (SSSR count). The largest absolute Gasteiger partial charge is 0.331 e. The van der Waals surface area contributed by atoms with E-state index < -0.39 is 5.91 Å². The van der Waals surface area contributed by atoms with Crippen molar-refractivity contribution in [3.05, 3.63) is 56.4 Å². The summed E-state index contributed by atoms with van der Waals surface area (Å²) in [7, 11) is 2.96. The predicted octanol–water partition coefficient (Wildman–Crippen LogP) is 1.56. The number of amides is 2. The van der Waals surface area contributed by atoms with Crippen molar-refractivity contribution in [2.24, 2.45) is 7.05 Å². The first-order chi connectivity index (χ1) is 11.3. The molecule has 0 aliphatic carbocycles. The number of likely N-dealkylation sites (N-methyl/N-ethyl adjacent to an activating group) is 1. The summed E-state index contributed by atoms with van der Waals surface area (Å²) in [6, 6.07) is 8.11. The Morgan fingerprint density at radius 1 is 1.29 bits per heavy atom. The molecule has 0 aliphatic rings. The molecule has 1 aromatic carbocycles. The first-order valence-corrected chi connectivity index (χ1v) is 7.93. The molecule has 0 radical (unpaired) electrons. The van der Waals surface area contributed by atoms with Crippen molar-refractivity contribution in [2.45, 2.75) is 6.92 Å². The van der Waals surface area contributed by atoms with Gasteiger partial charge >= 0.3 is 0 Å². The average Bonchev–Trinajstić information content (AvgIpc) is 2.52. The molecule has 0 spiro atoms. The average molecular weight is 393 g/mol. The first-order valence-electron chi connectivity index (χ1n) is 7.14. The molecule has 8 heteroatoms. The number of nitrogens with one attached hydrogen (secondary N) is 1. The number of halogens is 1. The van der Waals surface area contributed by atoms with E-state index in [-0.39, 0.29) is 23.7 Å². The lowest BCUT2D eigenvalue weighted by Gasteiger charge is -2.17. The molecular weight excluding hydrogens is 376 g/mol. The fourth-order valence-corrected chi connectivity index (χ4v) is 2.53. The summed E-state index contributed by atoms with van der Waals surface area (Å²) < 4.78 is 2.00. The molecule has 0 atom stereocenters. The number of hydrogen-bond acceptors (Lipinski definition) is 4. The van der Waals surface area contributed by atoms with Gasteiger partial charge in [-0.15, -0.1) is 0 Å². The third kappa shape index (κ3) is 4.29. The van der Waals surface area contributed by atoms with Crippen LogP contribution in [0.4, 0.5) is 5.69 Å². The van der Waals surface area contributed by atoms with Gasteiger partial charge in [-0.3, -0.25) is 14.4 Å². The van der Waals surface area contributed by atoms with Crippen LogP contribution < -0.4 is 10.9 Å². The highest BCUT2D eigenvalue weighted by Crippen LogP contribution is 2.19. The third-order valence-electron chi connectivity index (χ3n) is 3.37. The van der Waals surface area contributed by atoms with Crippen molar-refractivity contribution in [3.8, 4) is 0 Å². The third-order valence-corrected chi connectivity index (χ3v) is 3.86. The van der Waals surface area contributed by atoms with Crippen LogP contribution in [-0.4, -0.2) is 40.1 Å². The number of aromatic nitrogens is 2. The number of benzene rings is 1. The van der Waals surface area contributed by atoms with E-state index in [2.05, 4.69) is 26.3 Å². The van der Waals surface area contributed by atoms with Gasteiger partial charge < -0.3 is 10.2 Å². The Hall–Kier alpha value is -2.48. The van der Waals surface area contributed by atoms with Crippen molar-refractivity contribution in [2.75, 3.05) is 18.9 Å². The number of carbonyl (C=O) groups excluding carboxylic acids is 2. The van der Waals surface area contributed by atoms with E-state index in [0.717, 1.165) is 14.7 Å². The van der Waals surface area contributed by atoms with Crippen LogP contribution in [0.2, 0.25) is 0 Å². The normalized spacial score (nSPS) is 10.3. The zero-order valence-corrected chi connectivity index (χ0v) is 15.1. The second kappa shape index (κ2) is 7.39. The summed E-state index contributed by atoms with van der Waals surface area (Å²) in [4.78, 5) is 36.9. The Labute approximate surface area is 147 Å². The molecule has 2 aromatic rings. The second-order valence-electron chi connectivity index (χ2n) is 5.35. The van der Waals surface area contributed by atoms with Crippen LogP contribution in [0.15, 0.2) is 39.6 Å². The van der Waals surface area contributed by atoms with Crippen molar-refractivity contribution in [3.63, 3.8) is 0 Å². The van der Waals surface area contributed by atoms with Gasteiger partial charge in [-0.2, -0.15) is 5.10 Å². The van der Waals surface area contributed by atoms with Crippen LogP contribution in [0.1, 0.15) is 16.1 Å². The maximum absolute atomic E-state index is 12.3. The number of nitrogens with zero attached hydrogens (tertiary/aromatic N) is 3. The van der Waals surface area contributed by atoms with E-state index in [4.69, 9.17) is 0 Å². The first kappa shape index (κ1) is 17.9. The lowest BCUT2D eigenvalue weighted by molar-refractivity contribution is -0.116. The number of aryl methyl sites for hydroxylation is 2. The monoisotopic (exact) mass is 392 g/mol. The molecule has 1 heterocycles. The Kier molecular flexibility index (Phi) is 5.50. The van der Waals surface area contributed by atoms with Crippen molar-refractivity contribution in [1.29, 1.82) is 0 Å². The van der Waals surface area contributed by atoms with Gasteiger partial charge in [0.2, 0.25) is 5.91 Å². The van der Waals surface area contributed by atoms with Crippen LogP contribution >= 0.6 is 15.9 Å². The SMILES string of the molecule is Cc1cc(Br)ccc1NC(=O)CN(C)C(=O)c1ccc(=O)n(C)n1. The minimum atomic E-state index is -0.437. The lowest BCUT2D eigenvalue weighted by Crippen LogP contribution is -2.36. The zero-order valence-electron chi connectivity index (χ0n) is 13.5. The molecular formula is C16H17BrN4O3. The fourth-order valence-electron chi connectivity index (χ4n) is 2.06. The van der Waals surface area contributed by atoms with Crippen molar-refractivity contribution < 1.29 is 9.59 Å². The van der Waals surface area contributed by atoms with E-state index in [0.29, 0.717) is 5.69 Å². The molecule has 1 N–H and O–H groups in total. The van der Waals surface area contributed by atoms with Crippen LogP contribution in [0, 0.1) is 6.92 Å². The van der Waals surface area contributed by atoms with Crippen LogP contribution in [0.25, 0.3) is 0 Å². The van der Waals surface area contributed by atoms with Crippen molar-refractivity contribution >= 4 is 33.4 Å². The Balaban J connectivity index is 2.03. The molecule has 126 valence electrons. The fraction of sp³-hybridized carbons (Fsp3) is 0.250. The topological polar surface area (TPSA) is 84.3 Å². The smallest absolute Gasteiger partial charge is 0.274 e. The summed E-state index contributed by atoms with van der Waals surface area (Å²) in [5.41, 5.74) is 1.39. The van der Waals surface area contributed by atoms with Gasteiger partial charge in [0.05, 0.1) is 6.54 Å². The Morgan fingerprint density at radius 3 is 2.62 bits per heavy atom. The highest BCUT2D eigenvalue weighted by Gasteiger charge is 2.17. The van der Waals surface area contributed by atoms with Gasteiger partial charge in [-0.25, -0.2) is 4.68 Å². The number of hydrogen-bond donors (Lipinski definition) is 1. The molecule has 24 heavy (non-hydrogen) atoms. The summed E-state index contributed by atoms with van der Waals surface area (Å²) in [6.07, 6.45) is 0. The van der Waals surface area contributed by atoms with E-state index in [1.165, 1.54) is 31.1 Å². The van der Waals surface area contributed by atoms with Crippen LogP contribution in [0.5, 0.6) is 0 Å². The molecule has 7 nitrogen and oxygen atoms in total. The molecule has 0 fully saturated rings. The minimum Gasteiger partial charge on any atom is -0.331 e. The molecule has 0 unspecified atom stereocenters.